The van der Waals surface area contributed by atoms with Crippen LogP contribution < -0.4 is 5.32 Å². The Bertz CT molecular complexity index is 224. The summed E-state index contributed by atoms with van der Waals surface area (Å²) in [5.41, 5.74) is 0. The predicted octanol–water partition coefficient (Wildman–Crippen LogP) is 1.79. The first-order valence-corrected chi connectivity index (χ1v) is 7.93. The Hall–Kier alpha value is -0.120. The average Bonchev–Trinajstić information content (AvgIpc) is 2.96. The molecule has 0 aliphatic carbocycles. The molecule has 1 unspecified atom stereocenters. The van der Waals surface area contributed by atoms with Crippen molar-refractivity contribution in [3.8, 4) is 0 Å². The molecule has 2 fully saturated rings. The fourth-order valence-corrected chi connectivity index (χ4v) is 3.24. The van der Waals surface area contributed by atoms with E-state index in [9.17, 15) is 0 Å². The molecule has 18 heavy (non-hydrogen) atoms. The molecular weight excluding hydrogens is 222 g/mol. The molecule has 0 saturated carbocycles. The number of nitrogens with one attached hydrogen (secondary N) is 1. The van der Waals surface area contributed by atoms with Crippen LogP contribution in [0.4, 0.5) is 0 Å². The van der Waals surface area contributed by atoms with Crippen LogP contribution >= 0.6 is 0 Å². The van der Waals surface area contributed by atoms with Crippen molar-refractivity contribution < 1.29 is 0 Å². The van der Waals surface area contributed by atoms with Gasteiger partial charge in [-0.25, -0.2) is 0 Å². The van der Waals surface area contributed by atoms with E-state index in [0.29, 0.717) is 0 Å². The van der Waals surface area contributed by atoms with E-state index in [2.05, 4.69) is 29.0 Å². The molecule has 2 saturated heterocycles. The Morgan fingerprint density at radius 3 is 2.56 bits per heavy atom. The van der Waals surface area contributed by atoms with Crippen LogP contribution in [0.1, 0.15) is 39.5 Å². The molecule has 3 nitrogen and oxygen atoms in total. The van der Waals surface area contributed by atoms with Gasteiger partial charge in [-0.3, -0.25) is 4.90 Å². The first-order chi connectivity index (χ1) is 8.75. The highest BCUT2D eigenvalue weighted by atomic mass is 15.2. The summed E-state index contributed by atoms with van der Waals surface area (Å²) in [6.07, 6.45) is 5.62. The number of nitrogens with zero attached hydrogens (tertiary/aromatic N) is 2. The Morgan fingerprint density at radius 2 is 1.83 bits per heavy atom. The lowest BCUT2D eigenvalue weighted by Gasteiger charge is -2.27. The highest BCUT2D eigenvalue weighted by Gasteiger charge is 2.24. The van der Waals surface area contributed by atoms with E-state index in [-0.39, 0.29) is 0 Å². The van der Waals surface area contributed by atoms with Crippen molar-refractivity contribution >= 4 is 0 Å². The zero-order valence-electron chi connectivity index (χ0n) is 12.3. The molecule has 1 N–H and O–H groups in total. The lowest BCUT2D eigenvalue weighted by Crippen LogP contribution is -2.42. The monoisotopic (exact) mass is 253 g/mol. The van der Waals surface area contributed by atoms with E-state index in [0.717, 1.165) is 18.5 Å². The fraction of sp³-hybridized carbons (Fsp3) is 1.00. The van der Waals surface area contributed by atoms with Gasteiger partial charge in [0.15, 0.2) is 0 Å². The quantitative estimate of drug-likeness (QED) is 0.746. The molecule has 1 atom stereocenters. The number of rotatable bonds is 7. The first kappa shape index (κ1) is 14.3. The van der Waals surface area contributed by atoms with Gasteiger partial charge in [-0.1, -0.05) is 13.8 Å². The zero-order chi connectivity index (χ0) is 12.8. The van der Waals surface area contributed by atoms with Crippen molar-refractivity contribution in [1.29, 1.82) is 0 Å². The maximum atomic E-state index is 3.63. The fourth-order valence-electron chi connectivity index (χ4n) is 3.24. The van der Waals surface area contributed by atoms with Gasteiger partial charge in [-0.15, -0.1) is 0 Å². The third kappa shape index (κ3) is 4.52. The maximum Gasteiger partial charge on any atom is 0.0221 e. The molecule has 2 aliphatic heterocycles. The molecule has 0 aromatic rings. The molecule has 106 valence electrons. The van der Waals surface area contributed by atoms with Crippen molar-refractivity contribution in [3.63, 3.8) is 0 Å². The lowest BCUT2D eigenvalue weighted by atomic mass is 10.2. The Labute approximate surface area is 113 Å². The second kappa shape index (κ2) is 7.46. The molecule has 0 aromatic carbocycles. The minimum absolute atomic E-state index is 0.768. The number of likely N-dealkylation sites (tertiary alicyclic amines) is 2. The highest BCUT2D eigenvalue weighted by Crippen LogP contribution is 2.17. The molecule has 0 bridgehead atoms. The molecule has 0 spiro atoms. The summed E-state index contributed by atoms with van der Waals surface area (Å²) >= 11 is 0. The second-order valence-electron chi connectivity index (χ2n) is 6.43. The van der Waals surface area contributed by atoms with E-state index in [1.54, 1.807) is 0 Å². The predicted molar refractivity (Wildman–Crippen MR) is 78.0 cm³/mol. The molecule has 0 amide bonds. The Morgan fingerprint density at radius 1 is 1.06 bits per heavy atom. The molecule has 2 heterocycles. The molecular formula is C15H31N3. The van der Waals surface area contributed by atoms with E-state index in [1.165, 1.54) is 65.0 Å². The maximum absolute atomic E-state index is 3.63. The third-order valence-corrected chi connectivity index (χ3v) is 4.33. The van der Waals surface area contributed by atoms with Crippen LogP contribution in [0, 0.1) is 5.92 Å². The van der Waals surface area contributed by atoms with Crippen LogP contribution in [0.5, 0.6) is 0 Å². The van der Waals surface area contributed by atoms with Crippen molar-refractivity contribution in [2.75, 3.05) is 45.8 Å². The Kier molecular flexibility index (Phi) is 5.93. The van der Waals surface area contributed by atoms with Gasteiger partial charge in [0.1, 0.15) is 0 Å². The summed E-state index contributed by atoms with van der Waals surface area (Å²) in [6, 6.07) is 0.798. The minimum Gasteiger partial charge on any atom is -0.315 e. The van der Waals surface area contributed by atoms with Gasteiger partial charge < -0.3 is 10.2 Å². The third-order valence-electron chi connectivity index (χ3n) is 4.33. The van der Waals surface area contributed by atoms with Crippen LogP contribution in [-0.4, -0.2) is 61.7 Å². The van der Waals surface area contributed by atoms with Crippen LogP contribution in [0.3, 0.4) is 0 Å². The number of hydrogen-bond acceptors (Lipinski definition) is 3. The van der Waals surface area contributed by atoms with Gasteiger partial charge >= 0.3 is 0 Å². The summed E-state index contributed by atoms with van der Waals surface area (Å²) in [5.74, 6) is 0.768. The molecule has 0 aromatic heterocycles. The van der Waals surface area contributed by atoms with Crippen LogP contribution in [0.25, 0.3) is 0 Å². The van der Waals surface area contributed by atoms with Crippen molar-refractivity contribution in [2.24, 2.45) is 5.92 Å². The van der Waals surface area contributed by atoms with Gasteiger partial charge in [0.05, 0.1) is 0 Å². The number of hydrogen-bond donors (Lipinski definition) is 1. The lowest BCUT2D eigenvalue weighted by molar-refractivity contribution is 0.207. The topological polar surface area (TPSA) is 18.5 Å². The standard InChI is InChI=1S/C15H31N3/c1-14(2)12-16-13-15-6-5-9-18(15)11-10-17-7-3-4-8-17/h14-16H,3-13H2,1-2H3. The summed E-state index contributed by atoms with van der Waals surface area (Å²) in [6.45, 7) is 13.5. The van der Waals surface area contributed by atoms with E-state index >= 15 is 0 Å². The molecule has 2 aliphatic rings. The first-order valence-electron chi connectivity index (χ1n) is 7.93. The second-order valence-corrected chi connectivity index (χ2v) is 6.43. The SMILES string of the molecule is CC(C)CNCC1CCCN1CCN1CCCC1. The Balaban J connectivity index is 1.63. The van der Waals surface area contributed by atoms with Crippen molar-refractivity contribution in [2.45, 2.75) is 45.6 Å². The molecule has 0 radical (unpaired) electrons. The minimum atomic E-state index is 0.768. The van der Waals surface area contributed by atoms with Gasteiger partial charge in [-0.05, 0) is 57.8 Å². The molecule has 2 rings (SSSR count). The van der Waals surface area contributed by atoms with Gasteiger partial charge in [0.25, 0.3) is 0 Å². The van der Waals surface area contributed by atoms with Gasteiger partial charge in [-0.2, -0.15) is 0 Å². The van der Waals surface area contributed by atoms with Crippen molar-refractivity contribution in [1.82, 2.24) is 15.1 Å². The van der Waals surface area contributed by atoms with E-state index < -0.39 is 0 Å². The molecule has 3 heteroatoms. The average molecular weight is 253 g/mol. The van der Waals surface area contributed by atoms with Crippen LogP contribution in [0.15, 0.2) is 0 Å². The smallest absolute Gasteiger partial charge is 0.0221 e. The van der Waals surface area contributed by atoms with Crippen LogP contribution in [-0.2, 0) is 0 Å². The van der Waals surface area contributed by atoms with E-state index in [1.807, 2.05) is 0 Å². The summed E-state index contributed by atoms with van der Waals surface area (Å²) in [4.78, 5) is 5.35. The highest BCUT2D eigenvalue weighted by molar-refractivity contribution is 4.82. The van der Waals surface area contributed by atoms with Crippen LogP contribution in [0.2, 0.25) is 0 Å². The zero-order valence-corrected chi connectivity index (χ0v) is 12.3. The largest absolute Gasteiger partial charge is 0.315 e. The summed E-state index contributed by atoms with van der Waals surface area (Å²) < 4.78 is 0. The van der Waals surface area contributed by atoms with E-state index in [4.69, 9.17) is 0 Å². The van der Waals surface area contributed by atoms with Crippen molar-refractivity contribution in [3.05, 3.63) is 0 Å². The van der Waals surface area contributed by atoms with Gasteiger partial charge in [0, 0.05) is 25.7 Å². The van der Waals surface area contributed by atoms with Gasteiger partial charge in [0.2, 0.25) is 0 Å². The summed E-state index contributed by atoms with van der Waals surface area (Å²) in [7, 11) is 0. The summed E-state index contributed by atoms with van der Waals surface area (Å²) in [5, 5.41) is 3.63. The normalized spacial score (nSPS) is 26.5.